The van der Waals surface area contributed by atoms with Crippen LogP contribution in [0, 0.1) is 0 Å². The Morgan fingerprint density at radius 3 is 2.79 bits per heavy atom. The molecule has 0 aliphatic heterocycles. The highest BCUT2D eigenvalue weighted by Gasteiger charge is 2.22. The fraction of sp³-hybridized carbons (Fsp3) is 0.545. The Bertz CT molecular complexity index is 287. The minimum absolute atomic E-state index is 0.0841. The van der Waals surface area contributed by atoms with Crippen LogP contribution < -0.4 is 0 Å². The molecule has 0 bridgehead atoms. The smallest absolute Gasteiger partial charge is 0.334 e. The molecule has 78 valence electrons. The van der Waals surface area contributed by atoms with Gasteiger partial charge in [0.2, 0.25) is 0 Å². The highest BCUT2D eigenvalue weighted by Crippen LogP contribution is 2.31. The van der Waals surface area contributed by atoms with E-state index in [1.807, 2.05) is 19.9 Å². The van der Waals surface area contributed by atoms with Crippen molar-refractivity contribution in [2.45, 2.75) is 26.7 Å². The van der Waals surface area contributed by atoms with E-state index in [0.717, 1.165) is 24.0 Å². The van der Waals surface area contributed by atoms with Gasteiger partial charge in [-0.15, -0.1) is 0 Å². The van der Waals surface area contributed by atoms with Crippen molar-refractivity contribution < 1.29 is 14.6 Å². The zero-order valence-corrected chi connectivity index (χ0v) is 8.67. The van der Waals surface area contributed by atoms with Crippen LogP contribution in [0.3, 0.4) is 0 Å². The quantitative estimate of drug-likeness (QED) is 0.697. The maximum absolute atomic E-state index is 11.5. The van der Waals surface area contributed by atoms with E-state index in [2.05, 4.69) is 0 Å². The van der Waals surface area contributed by atoms with Gasteiger partial charge in [-0.1, -0.05) is 6.08 Å². The van der Waals surface area contributed by atoms with Crippen LogP contribution in [0.25, 0.3) is 0 Å². The normalized spacial score (nSPS) is 19.2. The van der Waals surface area contributed by atoms with Crippen molar-refractivity contribution in [1.82, 2.24) is 0 Å². The van der Waals surface area contributed by atoms with Gasteiger partial charge < -0.3 is 9.84 Å². The average Bonchev–Trinajstić information content (AvgIpc) is 2.56. The summed E-state index contributed by atoms with van der Waals surface area (Å²) in [4.78, 5) is 11.5. The fourth-order valence-corrected chi connectivity index (χ4v) is 1.67. The molecule has 0 atom stereocenters. The van der Waals surface area contributed by atoms with Crippen LogP contribution in [0.5, 0.6) is 0 Å². The number of hydrogen-bond acceptors (Lipinski definition) is 3. The van der Waals surface area contributed by atoms with Crippen molar-refractivity contribution in [3.05, 3.63) is 22.8 Å². The molecule has 0 aromatic heterocycles. The molecule has 1 rings (SSSR count). The van der Waals surface area contributed by atoms with Gasteiger partial charge >= 0.3 is 5.97 Å². The lowest BCUT2D eigenvalue weighted by Gasteiger charge is -2.03. The van der Waals surface area contributed by atoms with Gasteiger partial charge in [0.15, 0.2) is 0 Å². The molecule has 14 heavy (non-hydrogen) atoms. The molecule has 0 fully saturated rings. The van der Waals surface area contributed by atoms with E-state index >= 15 is 0 Å². The second-order valence-corrected chi connectivity index (χ2v) is 3.28. The number of rotatable bonds is 3. The van der Waals surface area contributed by atoms with E-state index < -0.39 is 0 Å². The number of carbonyl (C=O) groups is 1. The predicted octanol–water partition coefficient (Wildman–Crippen LogP) is 1.58. The Balaban J connectivity index is 2.69. The van der Waals surface area contributed by atoms with Crippen LogP contribution in [0.1, 0.15) is 26.7 Å². The number of esters is 1. The SMILES string of the molecule is CC=C1CCC(C(=O)OCCO)=C1C. The Hall–Kier alpha value is -1.09. The van der Waals surface area contributed by atoms with E-state index in [0.29, 0.717) is 0 Å². The lowest BCUT2D eigenvalue weighted by Crippen LogP contribution is -2.10. The third kappa shape index (κ3) is 2.23. The maximum Gasteiger partial charge on any atom is 0.334 e. The van der Waals surface area contributed by atoms with Crippen molar-refractivity contribution in [3.8, 4) is 0 Å². The number of allylic oxidation sites excluding steroid dienone is 3. The predicted molar refractivity (Wildman–Crippen MR) is 53.7 cm³/mol. The number of ether oxygens (including phenoxy) is 1. The second-order valence-electron chi connectivity index (χ2n) is 3.28. The molecular weight excluding hydrogens is 180 g/mol. The lowest BCUT2D eigenvalue weighted by molar-refractivity contribution is -0.140. The molecule has 3 nitrogen and oxygen atoms in total. The van der Waals surface area contributed by atoms with Crippen molar-refractivity contribution in [2.75, 3.05) is 13.2 Å². The number of aliphatic hydroxyl groups excluding tert-OH is 1. The maximum atomic E-state index is 11.5. The van der Waals surface area contributed by atoms with Gasteiger partial charge in [-0.3, -0.25) is 0 Å². The van der Waals surface area contributed by atoms with E-state index in [-0.39, 0.29) is 19.2 Å². The first-order valence-electron chi connectivity index (χ1n) is 4.84. The summed E-state index contributed by atoms with van der Waals surface area (Å²) in [5, 5.41) is 8.52. The molecule has 0 heterocycles. The molecule has 0 unspecified atom stereocenters. The minimum Gasteiger partial charge on any atom is -0.460 e. The first-order chi connectivity index (χ1) is 6.70. The Labute approximate surface area is 84.1 Å². The second kappa shape index (κ2) is 4.96. The van der Waals surface area contributed by atoms with Crippen LogP contribution in [-0.2, 0) is 9.53 Å². The van der Waals surface area contributed by atoms with Gasteiger partial charge in [-0.25, -0.2) is 4.79 Å². The Morgan fingerprint density at radius 2 is 2.29 bits per heavy atom. The third-order valence-electron chi connectivity index (χ3n) is 2.50. The van der Waals surface area contributed by atoms with Gasteiger partial charge in [0.25, 0.3) is 0 Å². The van der Waals surface area contributed by atoms with Crippen LogP contribution in [0.2, 0.25) is 0 Å². The van der Waals surface area contributed by atoms with E-state index in [1.165, 1.54) is 5.57 Å². The fourth-order valence-electron chi connectivity index (χ4n) is 1.67. The zero-order chi connectivity index (χ0) is 10.6. The first-order valence-corrected chi connectivity index (χ1v) is 4.84. The number of aliphatic hydroxyl groups is 1. The van der Waals surface area contributed by atoms with Crippen molar-refractivity contribution in [3.63, 3.8) is 0 Å². The summed E-state index contributed by atoms with van der Waals surface area (Å²) in [5.74, 6) is -0.284. The van der Waals surface area contributed by atoms with E-state index in [1.54, 1.807) is 0 Å². The number of carbonyl (C=O) groups excluding carboxylic acids is 1. The van der Waals surface area contributed by atoms with Crippen LogP contribution in [-0.4, -0.2) is 24.3 Å². The Kier molecular flexibility index (Phi) is 3.89. The summed E-state index contributed by atoms with van der Waals surface area (Å²) in [6.45, 7) is 3.88. The van der Waals surface area contributed by atoms with Crippen molar-refractivity contribution in [2.24, 2.45) is 0 Å². The van der Waals surface area contributed by atoms with Gasteiger partial charge in [-0.2, -0.15) is 0 Å². The average molecular weight is 196 g/mol. The topological polar surface area (TPSA) is 46.5 Å². The molecule has 0 saturated heterocycles. The standard InChI is InChI=1S/C11H16O3/c1-3-9-4-5-10(8(9)2)11(13)14-7-6-12/h3,12H,4-7H2,1-2H3. The molecule has 0 amide bonds. The summed E-state index contributed by atoms with van der Waals surface area (Å²) in [6, 6.07) is 0. The molecular formula is C11H16O3. The highest BCUT2D eigenvalue weighted by atomic mass is 16.5. The van der Waals surface area contributed by atoms with Gasteiger partial charge in [0, 0.05) is 5.57 Å². The largest absolute Gasteiger partial charge is 0.460 e. The minimum atomic E-state index is -0.284. The molecule has 1 N–H and O–H groups in total. The van der Waals surface area contributed by atoms with Crippen LogP contribution in [0.4, 0.5) is 0 Å². The molecule has 0 aromatic rings. The van der Waals surface area contributed by atoms with Gasteiger partial charge in [0.05, 0.1) is 6.61 Å². The summed E-state index contributed by atoms with van der Waals surface area (Å²) in [6.07, 6.45) is 3.71. The summed E-state index contributed by atoms with van der Waals surface area (Å²) < 4.78 is 4.86. The lowest BCUT2D eigenvalue weighted by atomic mass is 10.1. The summed E-state index contributed by atoms with van der Waals surface area (Å²) >= 11 is 0. The van der Waals surface area contributed by atoms with Crippen LogP contribution in [0.15, 0.2) is 22.8 Å². The number of hydrogen-bond donors (Lipinski definition) is 1. The van der Waals surface area contributed by atoms with E-state index in [9.17, 15) is 4.79 Å². The van der Waals surface area contributed by atoms with Gasteiger partial charge in [0.1, 0.15) is 6.61 Å². The van der Waals surface area contributed by atoms with Crippen molar-refractivity contribution in [1.29, 1.82) is 0 Å². The summed E-state index contributed by atoms with van der Waals surface area (Å²) in [5.41, 5.74) is 3.02. The Morgan fingerprint density at radius 1 is 1.57 bits per heavy atom. The van der Waals surface area contributed by atoms with Crippen molar-refractivity contribution >= 4 is 5.97 Å². The third-order valence-corrected chi connectivity index (χ3v) is 2.50. The first kappa shape index (κ1) is 11.0. The molecule has 1 aliphatic rings. The highest BCUT2D eigenvalue weighted by molar-refractivity contribution is 5.91. The monoisotopic (exact) mass is 196 g/mol. The molecule has 0 saturated carbocycles. The molecule has 3 heteroatoms. The molecule has 0 aromatic carbocycles. The summed E-state index contributed by atoms with van der Waals surface area (Å²) in [7, 11) is 0. The molecule has 0 spiro atoms. The van der Waals surface area contributed by atoms with E-state index in [4.69, 9.17) is 9.84 Å². The molecule has 1 aliphatic carbocycles. The zero-order valence-electron chi connectivity index (χ0n) is 8.67. The van der Waals surface area contributed by atoms with Gasteiger partial charge in [-0.05, 0) is 37.8 Å². The van der Waals surface area contributed by atoms with Crippen LogP contribution >= 0.6 is 0 Å². The molecule has 0 radical (unpaired) electrons.